The Morgan fingerprint density at radius 1 is 1.27 bits per heavy atom. The van der Waals surface area contributed by atoms with Gasteiger partial charge in [0.15, 0.2) is 0 Å². The van der Waals surface area contributed by atoms with E-state index in [1.165, 1.54) is 41.8 Å². The van der Waals surface area contributed by atoms with E-state index in [0.29, 0.717) is 22.7 Å². The number of rotatable bonds is 3. The topological polar surface area (TPSA) is 50.9 Å². The number of nitriles is 1. The molecule has 1 aromatic rings. The Balaban J connectivity index is 1.47. The first-order valence-corrected chi connectivity index (χ1v) is 9.96. The van der Waals surface area contributed by atoms with E-state index in [2.05, 4.69) is 39.8 Å². The summed E-state index contributed by atoms with van der Waals surface area (Å²) in [6, 6.07) is 8.08. The summed E-state index contributed by atoms with van der Waals surface area (Å²) >= 11 is 6.32. The largest absolute Gasteiger partial charge is 0.382 e. The SMILES string of the molecule is N#CC1=CCC(c2cc(NC3CCNCC3)c3c(c2)C2CN2C3)C=C1Cl. The molecule has 2 fully saturated rings. The predicted molar refractivity (Wildman–Crippen MR) is 104 cm³/mol. The quantitative estimate of drug-likeness (QED) is 0.799. The van der Waals surface area contributed by atoms with Crippen molar-refractivity contribution in [3.05, 3.63) is 51.6 Å². The van der Waals surface area contributed by atoms with Gasteiger partial charge in [0, 0.05) is 36.8 Å². The van der Waals surface area contributed by atoms with Crippen LogP contribution >= 0.6 is 11.6 Å². The van der Waals surface area contributed by atoms with Crippen LogP contribution in [-0.2, 0) is 6.54 Å². The smallest absolute Gasteiger partial charge is 0.100 e. The van der Waals surface area contributed by atoms with Gasteiger partial charge in [-0.2, -0.15) is 5.26 Å². The highest BCUT2D eigenvalue weighted by Gasteiger charge is 2.44. The van der Waals surface area contributed by atoms with E-state index in [4.69, 9.17) is 16.9 Å². The number of fused-ring (bicyclic) bond motifs is 3. The lowest BCUT2D eigenvalue weighted by Gasteiger charge is -2.27. The molecular weight excluding hydrogens is 344 g/mol. The third-order valence-corrected chi connectivity index (χ3v) is 6.50. The Labute approximate surface area is 159 Å². The summed E-state index contributed by atoms with van der Waals surface area (Å²) in [7, 11) is 0. The van der Waals surface area contributed by atoms with Crippen molar-refractivity contribution < 1.29 is 0 Å². The van der Waals surface area contributed by atoms with E-state index < -0.39 is 0 Å². The molecule has 0 saturated carbocycles. The van der Waals surface area contributed by atoms with Gasteiger partial charge in [-0.1, -0.05) is 29.8 Å². The van der Waals surface area contributed by atoms with Crippen molar-refractivity contribution >= 4 is 17.3 Å². The number of nitrogens with one attached hydrogen (secondary N) is 2. The highest BCUT2D eigenvalue weighted by Crippen LogP contribution is 2.49. The van der Waals surface area contributed by atoms with Crippen molar-refractivity contribution in [1.29, 1.82) is 5.26 Å². The molecule has 5 heteroatoms. The van der Waals surface area contributed by atoms with Crippen LogP contribution < -0.4 is 10.6 Å². The van der Waals surface area contributed by atoms with Gasteiger partial charge in [0.1, 0.15) is 6.07 Å². The molecular formula is C21H23ClN4. The molecule has 3 heterocycles. The highest BCUT2D eigenvalue weighted by atomic mass is 35.5. The second-order valence-electron chi connectivity index (χ2n) is 7.84. The van der Waals surface area contributed by atoms with Gasteiger partial charge in [-0.15, -0.1) is 0 Å². The molecule has 0 bridgehead atoms. The van der Waals surface area contributed by atoms with Gasteiger partial charge in [0.05, 0.1) is 10.6 Å². The molecule has 0 radical (unpaired) electrons. The number of allylic oxidation sites excluding steroid dienone is 4. The lowest BCUT2D eigenvalue weighted by atomic mass is 9.87. The Morgan fingerprint density at radius 3 is 2.88 bits per heavy atom. The molecule has 3 unspecified atom stereocenters. The second kappa shape index (κ2) is 6.42. The number of piperidine rings is 1. The molecule has 1 aromatic carbocycles. The third-order valence-electron chi connectivity index (χ3n) is 6.17. The zero-order valence-corrected chi connectivity index (χ0v) is 15.5. The van der Waals surface area contributed by atoms with E-state index in [0.717, 1.165) is 26.1 Å². The minimum atomic E-state index is 0.256. The van der Waals surface area contributed by atoms with Gasteiger partial charge >= 0.3 is 0 Å². The van der Waals surface area contributed by atoms with Crippen LogP contribution in [0.4, 0.5) is 5.69 Å². The average Bonchev–Trinajstić information content (AvgIpc) is 3.34. The van der Waals surface area contributed by atoms with Crippen molar-refractivity contribution in [3.63, 3.8) is 0 Å². The number of hydrogen-bond acceptors (Lipinski definition) is 4. The van der Waals surface area contributed by atoms with E-state index in [1.54, 1.807) is 0 Å². The van der Waals surface area contributed by atoms with Crippen molar-refractivity contribution in [2.75, 3.05) is 25.0 Å². The van der Waals surface area contributed by atoms with Crippen LogP contribution in [0.5, 0.6) is 0 Å². The average molecular weight is 367 g/mol. The zero-order chi connectivity index (χ0) is 17.7. The van der Waals surface area contributed by atoms with Gasteiger partial charge in [-0.05, 0) is 55.1 Å². The Bertz CT molecular complexity index is 844. The van der Waals surface area contributed by atoms with Crippen molar-refractivity contribution in [1.82, 2.24) is 10.2 Å². The molecule has 0 amide bonds. The number of nitrogens with zero attached hydrogens (tertiary/aromatic N) is 2. The summed E-state index contributed by atoms with van der Waals surface area (Å²) in [6.45, 7) is 4.46. The second-order valence-corrected chi connectivity index (χ2v) is 8.24. The normalized spacial score (nSPS) is 29.9. The molecule has 0 aromatic heterocycles. The van der Waals surface area contributed by atoms with Crippen molar-refractivity contribution in [3.8, 4) is 6.07 Å². The van der Waals surface area contributed by atoms with Crippen LogP contribution in [0.25, 0.3) is 0 Å². The minimum Gasteiger partial charge on any atom is -0.382 e. The third kappa shape index (κ3) is 2.85. The summed E-state index contributed by atoms with van der Waals surface area (Å²) in [6.07, 6.45) is 7.23. The zero-order valence-electron chi connectivity index (χ0n) is 14.8. The molecule has 4 nitrogen and oxygen atoms in total. The first-order chi connectivity index (χ1) is 12.7. The Morgan fingerprint density at radius 2 is 2.12 bits per heavy atom. The number of hydrogen-bond donors (Lipinski definition) is 2. The van der Waals surface area contributed by atoms with Crippen LogP contribution in [0.1, 0.15) is 47.9 Å². The van der Waals surface area contributed by atoms with Gasteiger partial charge in [0.2, 0.25) is 0 Å². The summed E-state index contributed by atoms with van der Waals surface area (Å²) in [5.41, 5.74) is 6.23. The van der Waals surface area contributed by atoms with Crippen molar-refractivity contribution in [2.45, 2.75) is 43.8 Å². The van der Waals surface area contributed by atoms with E-state index in [9.17, 15) is 0 Å². The fraction of sp³-hybridized carbons (Fsp3) is 0.476. The maximum atomic E-state index is 9.15. The maximum Gasteiger partial charge on any atom is 0.100 e. The van der Waals surface area contributed by atoms with Crippen molar-refractivity contribution in [2.24, 2.45) is 0 Å². The molecule has 4 aliphatic rings. The molecule has 26 heavy (non-hydrogen) atoms. The van der Waals surface area contributed by atoms with Gasteiger partial charge in [0.25, 0.3) is 0 Å². The molecule has 3 aliphatic heterocycles. The van der Waals surface area contributed by atoms with Gasteiger partial charge in [-0.3, -0.25) is 4.90 Å². The van der Waals surface area contributed by atoms with Gasteiger partial charge < -0.3 is 10.6 Å². The van der Waals surface area contributed by atoms with Gasteiger partial charge in [-0.25, -0.2) is 0 Å². The molecule has 2 saturated heterocycles. The molecule has 3 atom stereocenters. The van der Waals surface area contributed by atoms with E-state index in [1.807, 2.05) is 6.08 Å². The summed E-state index contributed by atoms with van der Waals surface area (Å²) in [4.78, 5) is 2.53. The van der Waals surface area contributed by atoms with E-state index >= 15 is 0 Å². The molecule has 5 rings (SSSR count). The lowest BCUT2D eigenvalue weighted by Crippen LogP contribution is -2.35. The Kier molecular flexibility index (Phi) is 4.04. The first kappa shape index (κ1) is 16.4. The van der Waals surface area contributed by atoms with Crippen LogP contribution in [0, 0.1) is 11.3 Å². The van der Waals surface area contributed by atoms with Crippen LogP contribution in [-0.4, -0.2) is 30.6 Å². The number of anilines is 1. The van der Waals surface area contributed by atoms with Crippen LogP contribution in [0.2, 0.25) is 0 Å². The molecule has 2 N–H and O–H groups in total. The fourth-order valence-electron chi connectivity index (χ4n) is 4.58. The Hall–Kier alpha value is -1.80. The summed E-state index contributed by atoms with van der Waals surface area (Å²) < 4.78 is 0. The summed E-state index contributed by atoms with van der Waals surface area (Å²) in [5.74, 6) is 0.256. The summed E-state index contributed by atoms with van der Waals surface area (Å²) in [5, 5.41) is 17.0. The maximum absolute atomic E-state index is 9.15. The highest BCUT2D eigenvalue weighted by molar-refractivity contribution is 6.32. The molecule has 0 spiro atoms. The monoisotopic (exact) mass is 366 g/mol. The molecule has 134 valence electrons. The number of benzene rings is 1. The predicted octanol–water partition coefficient (Wildman–Crippen LogP) is 3.78. The first-order valence-electron chi connectivity index (χ1n) is 9.59. The minimum absolute atomic E-state index is 0.256. The fourth-order valence-corrected chi connectivity index (χ4v) is 4.85. The van der Waals surface area contributed by atoms with E-state index in [-0.39, 0.29) is 5.92 Å². The molecule has 1 aliphatic carbocycles. The standard InChI is InChI=1S/C21H23ClN4/c22-19-8-13(1-2-14(19)10-23)15-7-17-18(11-26-12-21(17)26)20(9-15)25-16-3-5-24-6-4-16/h2,7-9,13,16,21,24-25H,1,3-6,11-12H2. The lowest BCUT2D eigenvalue weighted by molar-refractivity contribution is 0.478. The van der Waals surface area contributed by atoms with Crippen LogP contribution in [0.15, 0.2) is 34.9 Å². The van der Waals surface area contributed by atoms with Crippen LogP contribution in [0.3, 0.4) is 0 Å². The number of halogens is 1.